The Morgan fingerprint density at radius 3 is 1.93 bits per heavy atom. The number of ketones is 1. The molecule has 1 aliphatic heterocycles. The number of carbonyl (C=O) groups excluding carboxylic acids is 2. The van der Waals surface area contributed by atoms with Crippen LogP contribution in [0, 0.1) is 38.0 Å². The average Bonchev–Trinajstić information content (AvgIpc) is 2.15. The second kappa shape index (κ2) is 7.56. The van der Waals surface area contributed by atoms with Crippen LogP contribution < -0.4 is 0 Å². The Balaban J connectivity index is 0.000000245. The van der Waals surface area contributed by atoms with E-state index in [1.165, 1.54) is 4.90 Å². The molecule has 0 radical (unpaired) electrons. The maximum absolute atomic E-state index is 10.0. The Kier molecular flexibility index (Phi) is 7.20. The molecule has 15 heavy (non-hydrogen) atoms. The van der Waals surface area contributed by atoms with Crippen molar-refractivity contribution in [2.24, 2.45) is 0 Å². The molecule has 1 aromatic carbocycles. The topological polar surface area (TPSA) is 37.4 Å². The van der Waals surface area contributed by atoms with Gasteiger partial charge >= 0.3 is 31.1 Å². The number of nitrogens with zero attached hydrogens (tertiary/aromatic N) is 1. The summed E-state index contributed by atoms with van der Waals surface area (Å²) in [5.41, 5.74) is 1.07. The smallest absolute Gasteiger partial charge is 0.520 e. The van der Waals surface area contributed by atoms with Gasteiger partial charge in [0.2, 0.25) is 0 Å². The molecule has 1 amide bonds. The number of carbonyl (C=O) groups is 1. The van der Waals surface area contributed by atoms with E-state index in [1.54, 1.807) is 6.41 Å². The maximum atomic E-state index is 10.0. The third kappa shape index (κ3) is 5.66. The maximum Gasteiger partial charge on any atom is 2.00 e. The fourth-order valence-corrected chi connectivity index (χ4v) is 0.922. The number of Topliss-reactive ketones (excluding diaryl/α,β-unsaturated/α-hetero) is 1. The molecule has 0 N–H and O–H groups in total. The molecular weight excluding hydrogens is 416 g/mol. The summed E-state index contributed by atoms with van der Waals surface area (Å²) in [5, 5.41) is 0. The second-order valence-electron chi connectivity index (χ2n) is 2.97. The van der Waals surface area contributed by atoms with Crippen LogP contribution in [-0.4, -0.2) is 30.2 Å². The molecular formula is C11H11NO2U. The molecule has 1 aromatic rings. The normalized spacial score (nSPS) is 12.8. The van der Waals surface area contributed by atoms with Gasteiger partial charge in [-0.15, -0.1) is 12.1 Å². The van der Waals surface area contributed by atoms with Crippen molar-refractivity contribution in [2.45, 2.75) is 0 Å². The Labute approximate surface area is 113 Å². The Bertz CT molecular complexity index is 306. The molecule has 0 aliphatic carbocycles. The summed E-state index contributed by atoms with van der Waals surface area (Å²) >= 11 is 0. The Hall–Kier alpha value is -0.718. The predicted octanol–water partition coefficient (Wildman–Crippen LogP) is 0.807. The number of hydrogen-bond donors (Lipinski definition) is 0. The van der Waals surface area contributed by atoms with Crippen molar-refractivity contribution in [2.75, 3.05) is 13.1 Å². The summed E-state index contributed by atoms with van der Waals surface area (Å²) in [6.07, 6.45) is 1.59. The van der Waals surface area contributed by atoms with E-state index in [1.807, 2.05) is 30.3 Å². The molecule has 76 valence electrons. The van der Waals surface area contributed by atoms with Crippen molar-refractivity contribution in [3.63, 3.8) is 0 Å². The fraction of sp³-hybridized carbons (Fsp3) is 0.182. The zero-order chi connectivity index (χ0) is 10.4. The molecule has 1 fully saturated rings. The molecule has 1 aliphatic rings. The quantitative estimate of drug-likeness (QED) is 0.623. The monoisotopic (exact) mass is 427 g/mol. The molecule has 4 heteroatoms. The molecule has 0 atom stereocenters. The first-order chi connectivity index (χ1) is 6.72. The van der Waals surface area contributed by atoms with Crippen LogP contribution in [0.4, 0.5) is 0 Å². The average molecular weight is 427 g/mol. The number of rotatable bonds is 1. The van der Waals surface area contributed by atoms with Crippen LogP contribution in [0.25, 0.3) is 0 Å². The van der Waals surface area contributed by atoms with E-state index >= 15 is 0 Å². The van der Waals surface area contributed by atoms with Gasteiger partial charge in [0.05, 0.1) is 13.1 Å². The third-order valence-electron chi connectivity index (χ3n) is 1.71. The summed E-state index contributed by atoms with van der Waals surface area (Å²) in [5.74, 6) is 0.114. The number of amides is 1. The van der Waals surface area contributed by atoms with Gasteiger partial charge in [-0.2, -0.15) is 31.0 Å². The number of benzene rings is 1. The summed E-state index contributed by atoms with van der Waals surface area (Å²) in [6, 6.07) is 9.87. The molecule has 0 spiro atoms. The fourth-order valence-electron chi connectivity index (χ4n) is 0.922. The van der Waals surface area contributed by atoms with E-state index in [0.717, 1.165) is 5.56 Å². The molecule has 0 bridgehead atoms. The molecule has 0 unspecified atom stereocenters. The molecule has 1 saturated heterocycles. The van der Waals surface area contributed by atoms with Crippen LogP contribution >= 0.6 is 0 Å². The van der Waals surface area contributed by atoms with Crippen LogP contribution in [0.3, 0.4) is 0 Å². The van der Waals surface area contributed by atoms with Gasteiger partial charge in [0.15, 0.2) is 5.78 Å². The molecule has 2 rings (SSSR count). The minimum Gasteiger partial charge on any atom is -0.520 e. The van der Waals surface area contributed by atoms with E-state index in [2.05, 4.69) is 6.92 Å². The van der Waals surface area contributed by atoms with Crippen molar-refractivity contribution in [3.05, 3.63) is 42.8 Å². The standard InChI is InChI=1S/C7H7.C4H4NO2.U/c1-7-5-3-2-4-6-7;6-3-5-1-4(7)2-5;/h2-6H,1H2;1-2H2;/q2*-1;+2. The zero-order valence-corrected chi connectivity index (χ0v) is 12.4. The van der Waals surface area contributed by atoms with Crippen molar-refractivity contribution >= 4 is 12.2 Å². The van der Waals surface area contributed by atoms with E-state index < -0.39 is 0 Å². The van der Waals surface area contributed by atoms with Gasteiger partial charge in [-0.05, 0) is 0 Å². The molecule has 3 nitrogen and oxygen atoms in total. The van der Waals surface area contributed by atoms with Crippen molar-refractivity contribution < 1.29 is 40.7 Å². The molecule has 1 heterocycles. The Morgan fingerprint density at radius 2 is 1.73 bits per heavy atom. The first-order valence-corrected chi connectivity index (χ1v) is 4.24. The summed E-state index contributed by atoms with van der Waals surface area (Å²) in [6.45, 7) is 4.26. The predicted molar refractivity (Wildman–Crippen MR) is 53.2 cm³/mol. The minimum atomic E-state index is 0. The van der Waals surface area contributed by atoms with Gasteiger partial charge in [-0.1, -0.05) is 6.07 Å². The van der Waals surface area contributed by atoms with Crippen LogP contribution in [0.2, 0.25) is 0 Å². The summed E-state index contributed by atoms with van der Waals surface area (Å²) in [4.78, 5) is 20.9. The van der Waals surface area contributed by atoms with E-state index in [9.17, 15) is 9.59 Å². The minimum absolute atomic E-state index is 0. The van der Waals surface area contributed by atoms with Gasteiger partial charge in [-0.25, -0.2) is 0 Å². The summed E-state index contributed by atoms with van der Waals surface area (Å²) < 4.78 is 0. The third-order valence-corrected chi connectivity index (χ3v) is 1.71. The van der Waals surface area contributed by atoms with Gasteiger partial charge in [-0.3, -0.25) is 4.79 Å². The van der Waals surface area contributed by atoms with E-state index in [4.69, 9.17) is 0 Å². The van der Waals surface area contributed by atoms with Crippen LogP contribution in [0.1, 0.15) is 5.56 Å². The van der Waals surface area contributed by atoms with Gasteiger partial charge in [0.1, 0.15) is 0 Å². The van der Waals surface area contributed by atoms with Gasteiger partial charge in [0.25, 0.3) is 0 Å². The number of hydrogen-bond acceptors (Lipinski definition) is 2. The van der Waals surface area contributed by atoms with Crippen LogP contribution in [0.15, 0.2) is 30.3 Å². The van der Waals surface area contributed by atoms with Gasteiger partial charge in [0, 0.05) is 0 Å². The van der Waals surface area contributed by atoms with E-state index in [0.29, 0.717) is 0 Å². The SMILES string of the molecule is O=[C-]N1CC(=O)C1.[CH2-]c1ccccc1.[U+2]. The van der Waals surface area contributed by atoms with E-state index in [-0.39, 0.29) is 50.0 Å². The first-order valence-electron chi connectivity index (χ1n) is 4.24. The Morgan fingerprint density at radius 1 is 1.20 bits per heavy atom. The first kappa shape index (κ1) is 14.3. The molecule has 0 saturated carbocycles. The van der Waals surface area contributed by atoms with Gasteiger partial charge < -0.3 is 9.69 Å². The van der Waals surface area contributed by atoms with Crippen LogP contribution in [-0.2, 0) is 9.59 Å². The zero-order valence-electron chi connectivity index (χ0n) is 8.27. The summed E-state index contributed by atoms with van der Waals surface area (Å²) in [7, 11) is 0. The second-order valence-corrected chi connectivity index (χ2v) is 2.97. The molecule has 0 aromatic heterocycles. The largest absolute Gasteiger partial charge is 2.00 e. The number of likely N-dealkylation sites (tertiary alicyclic amines) is 1. The van der Waals surface area contributed by atoms with Crippen molar-refractivity contribution in [1.29, 1.82) is 0 Å². The van der Waals surface area contributed by atoms with Crippen molar-refractivity contribution in [1.82, 2.24) is 4.90 Å². The van der Waals surface area contributed by atoms with Crippen LogP contribution in [0.5, 0.6) is 0 Å². The van der Waals surface area contributed by atoms with Crippen molar-refractivity contribution in [3.8, 4) is 0 Å².